The van der Waals surface area contributed by atoms with Crippen molar-refractivity contribution in [3.05, 3.63) is 52.8 Å². The van der Waals surface area contributed by atoms with Crippen molar-refractivity contribution in [3.63, 3.8) is 0 Å². The zero-order valence-electron chi connectivity index (χ0n) is 9.72. The highest BCUT2D eigenvalue weighted by Crippen LogP contribution is 2.12. The number of hydrogen-bond donors (Lipinski definition) is 1. The molecule has 0 aliphatic rings. The third-order valence-electron chi connectivity index (χ3n) is 2.28. The summed E-state index contributed by atoms with van der Waals surface area (Å²) in [5.41, 5.74) is 1.15. The summed E-state index contributed by atoms with van der Waals surface area (Å²) in [7, 11) is 0. The Balaban J connectivity index is 2.03. The van der Waals surface area contributed by atoms with Crippen LogP contribution in [-0.2, 0) is 6.54 Å². The van der Waals surface area contributed by atoms with Gasteiger partial charge < -0.3 is 5.32 Å². The highest BCUT2D eigenvalue weighted by molar-refractivity contribution is 6.33. The van der Waals surface area contributed by atoms with E-state index in [0.29, 0.717) is 23.0 Å². The highest BCUT2D eigenvalue weighted by Gasteiger charge is 2.09. The smallest absolute Gasteiger partial charge is 0.253 e. The van der Waals surface area contributed by atoms with Crippen molar-refractivity contribution in [1.29, 1.82) is 0 Å². The first kappa shape index (κ1) is 12.4. The van der Waals surface area contributed by atoms with Gasteiger partial charge in [0.1, 0.15) is 5.82 Å². The van der Waals surface area contributed by atoms with Crippen LogP contribution in [0, 0.1) is 6.92 Å². The van der Waals surface area contributed by atoms with Crippen LogP contribution in [0.15, 0.2) is 30.7 Å². The van der Waals surface area contributed by atoms with E-state index in [1.165, 1.54) is 12.4 Å². The van der Waals surface area contributed by atoms with Crippen molar-refractivity contribution in [2.24, 2.45) is 0 Å². The Morgan fingerprint density at radius 2 is 2.22 bits per heavy atom. The summed E-state index contributed by atoms with van der Waals surface area (Å²) in [5, 5.41) is 3.07. The SMILES string of the molecule is Cc1nccc(CNC(=O)c2ccncc2Cl)n1. The molecule has 0 unspecified atom stereocenters. The van der Waals surface area contributed by atoms with Crippen molar-refractivity contribution in [2.45, 2.75) is 13.5 Å². The van der Waals surface area contributed by atoms with E-state index in [9.17, 15) is 4.79 Å². The Labute approximate surface area is 109 Å². The van der Waals surface area contributed by atoms with E-state index in [2.05, 4.69) is 20.3 Å². The lowest BCUT2D eigenvalue weighted by molar-refractivity contribution is 0.0950. The van der Waals surface area contributed by atoms with Crippen LogP contribution >= 0.6 is 11.6 Å². The summed E-state index contributed by atoms with van der Waals surface area (Å²) in [4.78, 5) is 23.9. The average molecular weight is 263 g/mol. The molecule has 0 fully saturated rings. The molecule has 0 spiro atoms. The van der Waals surface area contributed by atoms with E-state index in [1.807, 2.05) is 0 Å². The average Bonchev–Trinajstić information content (AvgIpc) is 2.37. The molecule has 0 aliphatic heterocycles. The number of amides is 1. The molecule has 0 aliphatic carbocycles. The normalized spacial score (nSPS) is 10.1. The fraction of sp³-hybridized carbons (Fsp3) is 0.167. The molecule has 0 atom stereocenters. The van der Waals surface area contributed by atoms with Crippen molar-refractivity contribution in [1.82, 2.24) is 20.3 Å². The molecule has 2 rings (SSSR count). The van der Waals surface area contributed by atoms with Gasteiger partial charge in [-0.1, -0.05) is 11.6 Å². The van der Waals surface area contributed by atoms with E-state index >= 15 is 0 Å². The summed E-state index contributed by atoms with van der Waals surface area (Å²) >= 11 is 5.88. The fourth-order valence-electron chi connectivity index (χ4n) is 1.43. The van der Waals surface area contributed by atoms with Crippen LogP contribution < -0.4 is 5.32 Å². The van der Waals surface area contributed by atoms with E-state index < -0.39 is 0 Å². The van der Waals surface area contributed by atoms with Crippen LogP contribution in [0.2, 0.25) is 5.02 Å². The Morgan fingerprint density at radius 1 is 1.39 bits per heavy atom. The topological polar surface area (TPSA) is 67.8 Å². The first-order valence-corrected chi connectivity index (χ1v) is 5.71. The van der Waals surface area contributed by atoms with E-state index in [0.717, 1.165) is 5.69 Å². The zero-order valence-corrected chi connectivity index (χ0v) is 10.5. The van der Waals surface area contributed by atoms with Crippen molar-refractivity contribution < 1.29 is 4.79 Å². The minimum absolute atomic E-state index is 0.251. The van der Waals surface area contributed by atoms with Gasteiger partial charge in [-0.3, -0.25) is 9.78 Å². The Hall–Kier alpha value is -2.01. The zero-order chi connectivity index (χ0) is 13.0. The summed E-state index contributed by atoms with van der Waals surface area (Å²) in [5.74, 6) is 0.419. The molecule has 2 aromatic rings. The molecule has 18 heavy (non-hydrogen) atoms. The largest absolute Gasteiger partial charge is 0.346 e. The lowest BCUT2D eigenvalue weighted by Crippen LogP contribution is -2.23. The number of nitrogens with zero attached hydrogens (tertiary/aromatic N) is 3. The van der Waals surface area contributed by atoms with Crippen molar-refractivity contribution >= 4 is 17.5 Å². The lowest BCUT2D eigenvalue weighted by Gasteiger charge is -2.06. The molecule has 0 radical (unpaired) electrons. The van der Waals surface area contributed by atoms with Gasteiger partial charge in [-0.15, -0.1) is 0 Å². The van der Waals surface area contributed by atoms with Crippen molar-refractivity contribution in [2.75, 3.05) is 0 Å². The third-order valence-corrected chi connectivity index (χ3v) is 2.58. The van der Waals surface area contributed by atoms with Gasteiger partial charge in [-0.05, 0) is 19.1 Å². The monoisotopic (exact) mass is 262 g/mol. The third kappa shape index (κ3) is 3.01. The number of carbonyl (C=O) groups is 1. The molecular formula is C12H11ClN4O. The Bertz CT molecular complexity index is 574. The minimum atomic E-state index is -0.251. The summed E-state index contributed by atoms with van der Waals surface area (Å²) < 4.78 is 0. The molecule has 0 bridgehead atoms. The van der Waals surface area contributed by atoms with Crippen LogP contribution in [0.1, 0.15) is 21.9 Å². The molecule has 2 heterocycles. The van der Waals surface area contributed by atoms with E-state index in [1.54, 1.807) is 25.3 Å². The van der Waals surface area contributed by atoms with Gasteiger partial charge in [-0.2, -0.15) is 0 Å². The number of rotatable bonds is 3. The molecule has 0 saturated heterocycles. The quantitative estimate of drug-likeness (QED) is 0.915. The molecular weight excluding hydrogens is 252 g/mol. The summed E-state index contributed by atoms with van der Waals surface area (Å²) in [6, 6.07) is 3.32. The number of aryl methyl sites for hydroxylation is 1. The molecule has 5 nitrogen and oxygen atoms in total. The first-order valence-electron chi connectivity index (χ1n) is 5.33. The van der Waals surface area contributed by atoms with Gasteiger partial charge in [0, 0.05) is 18.6 Å². The van der Waals surface area contributed by atoms with Gasteiger partial charge in [0.2, 0.25) is 0 Å². The van der Waals surface area contributed by atoms with Crippen LogP contribution in [0.3, 0.4) is 0 Å². The highest BCUT2D eigenvalue weighted by atomic mass is 35.5. The van der Waals surface area contributed by atoms with Crippen LogP contribution in [0.4, 0.5) is 0 Å². The number of halogens is 1. The Kier molecular flexibility index (Phi) is 3.84. The number of carbonyl (C=O) groups excluding carboxylic acids is 1. The number of pyridine rings is 1. The minimum Gasteiger partial charge on any atom is -0.346 e. The number of nitrogens with one attached hydrogen (secondary N) is 1. The standard InChI is InChI=1S/C12H11ClN4O/c1-8-15-5-2-9(17-8)6-16-12(18)10-3-4-14-7-11(10)13/h2-5,7H,6H2,1H3,(H,16,18). The maximum atomic E-state index is 11.9. The predicted molar refractivity (Wildman–Crippen MR) is 67.2 cm³/mol. The van der Waals surface area contributed by atoms with Gasteiger partial charge in [-0.25, -0.2) is 9.97 Å². The lowest BCUT2D eigenvalue weighted by atomic mass is 10.2. The molecule has 0 saturated carbocycles. The predicted octanol–water partition coefficient (Wildman–Crippen LogP) is 1.76. The second kappa shape index (κ2) is 5.55. The van der Waals surface area contributed by atoms with Gasteiger partial charge in [0.15, 0.2) is 0 Å². The Morgan fingerprint density at radius 3 is 2.94 bits per heavy atom. The fourth-order valence-corrected chi connectivity index (χ4v) is 1.63. The summed E-state index contributed by atoms with van der Waals surface area (Å²) in [6.07, 6.45) is 4.62. The van der Waals surface area contributed by atoms with Crippen LogP contribution in [0.25, 0.3) is 0 Å². The second-order valence-corrected chi connectivity index (χ2v) is 4.04. The molecule has 0 aromatic carbocycles. The van der Waals surface area contributed by atoms with E-state index in [-0.39, 0.29) is 5.91 Å². The molecule has 92 valence electrons. The molecule has 1 amide bonds. The number of aromatic nitrogens is 3. The first-order chi connectivity index (χ1) is 8.66. The van der Waals surface area contributed by atoms with E-state index in [4.69, 9.17) is 11.6 Å². The summed E-state index contributed by atoms with van der Waals surface area (Å²) in [6.45, 7) is 2.13. The van der Waals surface area contributed by atoms with Crippen LogP contribution in [-0.4, -0.2) is 20.9 Å². The van der Waals surface area contributed by atoms with Crippen molar-refractivity contribution in [3.8, 4) is 0 Å². The molecule has 1 N–H and O–H groups in total. The van der Waals surface area contributed by atoms with Gasteiger partial charge in [0.05, 0.1) is 22.8 Å². The number of hydrogen-bond acceptors (Lipinski definition) is 4. The second-order valence-electron chi connectivity index (χ2n) is 3.63. The van der Waals surface area contributed by atoms with Crippen LogP contribution in [0.5, 0.6) is 0 Å². The maximum Gasteiger partial charge on any atom is 0.253 e. The molecule has 6 heteroatoms. The van der Waals surface area contributed by atoms with Gasteiger partial charge >= 0.3 is 0 Å². The maximum absolute atomic E-state index is 11.9. The van der Waals surface area contributed by atoms with Gasteiger partial charge in [0.25, 0.3) is 5.91 Å². The molecule has 2 aromatic heterocycles.